The topological polar surface area (TPSA) is 48.1 Å². The third-order valence-corrected chi connectivity index (χ3v) is 4.15. The Labute approximate surface area is 113 Å². The lowest BCUT2D eigenvalue weighted by Crippen LogP contribution is -2.18. The highest BCUT2D eigenvalue weighted by Gasteiger charge is 2.13. The molecule has 0 aliphatic carbocycles. The van der Waals surface area contributed by atoms with Crippen LogP contribution in [0.4, 0.5) is 0 Å². The molecule has 17 heavy (non-hydrogen) atoms. The second-order valence-electron chi connectivity index (χ2n) is 3.57. The van der Waals surface area contributed by atoms with Crippen molar-refractivity contribution in [2.75, 3.05) is 13.2 Å². The third kappa shape index (κ3) is 3.52. The van der Waals surface area contributed by atoms with Crippen LogP contribution in [0.5, 0.6) is 5.75 Å². The SMILES string of the molecule is NCC(COc1cccnc1)c1ccc(Br)s1. The normalized spacial score (nSPS) is 12.4. The lowest BCUT2D eigenvalue weighted by Gasteiger charge is -2.13. The molecular weight excluding hydrogens is 300 g/mol. The van der Waals surface area contributed by atoms with Crippen molar-refractivity contribution in [3.05, 3.63) is 45.3 Å². The van der Waals surface area contributed by atoms with Crippen LogP contribution in [0.3, 0.4) is 0 Å². The zero-order chi connectivity index (χ0) is 12.1. The van der Waals surface area contributed by atoms with Gasteiger partial charge in [0.2, 0.25) is 0 Å². The van der Waals surface area contributed by atoms with E-state index in [0.29, 0.717) is 13.2 Å². The molecule has 2 N–H and O–H groups in total. The molecule has 2 aromatic rings. The van der Waals surface area contributed by atoms with E-state index < -0.39 is 0 Å². The van der Waals surface area contributed by atoms with E-state index in [9.17, 15) is 0 Å². The van der Waals surface area contributed by atoms with Crippen molar-refractivity contribution in [2.24, 2.45) is 5.73 Å². The minimum atomic E-state index is 0.228. The molecule has 0 spiro atoms. The van der Waals surface area contributed by atoms with Crippen molar-refractivity contribution in [3.63, 3.8) is 0 Å². The van der Waals surface area contributed by atoms with Crippen LogP contribution >= 0.6 is 27.3 Å². The van der Waals surface area contributed by atoms with E-state index in [4.69, 9.17) is 10.5 Å². The molecule has 0 amide bonds. The van der Waals surface area contributed by atoms with E-state index in [1.807, 2.05) is 18.2 Å². The minimum Gasteiger partial charge on any atom is -0.491 e. The Morgan fingerprint density at radius 2 is 2.29 bits per heavy atom. The van der Waals surface area contributed by atoms with Gasteiger partial charge in [0.05, 0.1) is 16.6 Å². The summed E-state index contributed by atoms with van der Waals surface area (Å²) in [6, 6.07) is 7.87. The molecule has 0 bridgehead atoms. The van der Waals surface area contributed by atoms with Gasteiger partial charge in [-0.25, -0.2) is 0 Å². The smallest absolute Gasteiger partial charge is 0.137 e. The summed E-state index contributed by atoms with van der Waals surface area (Å²) in [5.74, 6) is 1.01. The molecule has 1 unspecified atom stereocenters. The molecule has 0 saturated heterocycles. The van der Waals surface area contributed by atoms with Gasteiger partial charge in [0.1, 0.15) is 5.75 Å². The number of rotatable bonds is 5. The quantitative estimate of drug-likeness (QED) is 0.923. The Bertz CT molecular complexity index is 461. The zero-order valence-electron chi connectivity index (χ0n) is 9.17. The molecule has 0 aliphatic rings. The minimum absolute atomic E-state index is 0.228. The van der Waals surface area contributed by atoms with Crippen molar-refractivity contribution < 1.29 is 4.74 Å². The second kappa shape index (κ2) is 6.14. The molecule has 2 aromatic heterocycles. The Morgan fingerprint density at radius 3 is 2.88 bits per heavy atom. The molecule has 0 saturated carbocycles. The van der Waals surface area contributed by atoms with Crippen LogP contribution in [0.1, 0.15) is 10.8 Å². The fourth-order valence-electron chi connectivity index (χ4n) is 1.44. The first-order valence-corrected chi connectivity index (χ1v) is 6.88. The maximum Gasteiger partial charge on any atom is 0.137 e. The molecule has 0 radical (unpaired) electrons. The van der Waals surface area contributed by atoms with Gasteiger partial charge in [0, 0.05) is 23.5 Å². The van der Waals surface area contributed by atoms with Crippen molar-refractivity contribution in [1.82, 2.24) is 4.98 Å². The van der Waals surface area contributed by atoms with E-state index in [-0.39, 0.29) is 5.92 Å². The number of nitrogens with two attached hydrogens (primary N) is 1. The van der Waals surface area contributed by atoms with Crippen molar-refractivity contribution in [2.45, 2.75) is 5.92 Å². The van der Waals surface area contributed by atoms with Crippen LogP contribution in [0.15, 0.2) is 40.4 Å². The summed E-state index contributed by atoms with van der Waals surface area (Å²) in [5.41, 5.74) is 5.77. The molecule has 2 heterocycles. The van der Waals surface area contributed by atoms with Crippen LogP contribution in [-0.4, -0.2) is 18.1 Å². The number of nitrogens with zero attached hydrogens (tertiary/aromatic N) is 1. The highest BCUT2D eigenvalue weighted by molar-refractivity contribution is 9.11. The highest BCUT2D eigenvalue weighted by atomic mass is 79.9. The number of pyridine rings is 1. The van der Waals surface area contributed by atoms with Gasteiger partial charge in [-0.2, -0.15) is 0 Å². The van der Waals surface area contributed by atoms with Crippen LogP contribution in [0.2, 0.25) is 0 Å². The maximum atomic E-state index is 5.77. The molecule has 0 aromatic carbocycles. The maximum absolute atomic E-state index is 5.77. The molecule has 0 aliphatic heterocycles. The van der Waals surface area contributed by atoms with Crippen LogP contribution in [0.25, 0.3) is 0 Å². The Hall–Kier alpha value is -0.910. The average Bonchev–Trinajstić information content (AvgIpc) is 2.78. The van der Waals surface area contributed by atoms with Crippen molar-refractivity contribution >= 4 is 27.3 Å². The Balaban J connectivity index is 1.97. The fraction of sp³-hybridized carbons (Fsp3) is 0.250. The van der Waals surface area contributed by atoms with Crippen molar-refractivity contribution in [3.8, 4) is 5.75 Å². The molecule has 3 nitrogen and oxygen atoms in total. The Morgan fingerprint density at radius 1 is 1.41 bits per heavy atom. The van der Waals surface area contributed by atoms with Crippen LogP contribution in [0, 0.1) is 0 Å². The average molecular weight is 313 g/mol. The lowest BCUT2D eigenvalue weighted by atomic mass is 10.1. The first kappa shape index (κ1) is 12.5. The van der Waals surface area contributed by atoms with Crippen LogP contribution in [-0.2, 0) is 0 Å². The van der Waals surface area contributed by atoms with E-state index in [0.717, 1.165) is 9.54 Å². The van der Waals surface area contributed by atoms with Gasteiger partial charge >= 0.3 is 0 Å². The largest absolute Gasteiger partial charge is 0.491 e. The second-order valence-corrected chi connectivity index (χ2v) is 6.07. The standard InChI is InChI=1S/C12H13BrN2OS/c13-12-4-3-11(17-12)9(6-14)8-16-10-2-1-5-15-7-10/h1-5,7,9H,6,8,14H2. The predicted molar refractivity (Wildman–Crippen MR) is 73.5 cm³/mol. The van der Waals surface area contributed by atoms with Crippen molar-refractivity contribution in [1.29, 1.82) is 0 Å². The first-order chi connectivity index (χ1) is 8.29. The van der Waals surface area contributed by atoms with E-state index in [1.165, 1.54) is 4.88 Å². The monoisotopic (exact) mass is 312 g/mol. The van der Waals surface area contributed by atoms with E-state index >= 15 is 0 Å². The summed E-state index contributed by atoms with van der Waals surface area (Å²) in [6.07, 6.45) is 3.43. The fourth-order valence-corrected chi connectivity index (χ4v) is 2.96. The number of hydrogen-bond acceptors (Lipinski definition) is 4. The molecule has 2 rings (SSSR count). The highest BCUT2D eigenvalue weighted by Crippen LogP contribution is 2.28. The molecule has 5 heteroatoms. The predicted octanol–water partition coefficient (Wildman–Crippen LogP) is 3.03. The zero-order valence-corrected chi connectivity index (χ0v) is 11.6. The molecule has 1 atom stereocenters. The van der Waals surface area contributed by atoms with Crippen LogP contribution < -0.4 is 10.5 Å². The summed E-state index contributed by atoms with van der Waals surface area (Å²) in [7, 11) is 0. The van der Waals surface area contributed by atoms with Gasteiger partial charge < -0.3 is 10.5 Å². The Kier molecular flexibility index (Phi) is 4.53. The summed E-state index contributed by atoms with van der Waals surface area (Å²) in [5, 5.41) is 0. The third-order valence-electron chi connectivity index (χ3n) is 2.37. The van der Waals surface area contributed by atoms with E-state index in [1.54, 1.807) is 23.7 Å². The molecule has 90 valence electrons. The number of ether oxygens (including phenoxy) is 1. The number of thiophene rings is 1. The van der Waals surface area contributed by atoms with Gasteiger partial charge in [-0.1, -0.05) is 0 Å². The first-order valence-electron chi connectivity index (χ1n) is 5.27. The molecular formula is C12H13BrN2OS. The van der Waals surface area contributed by atoms with Gasteiger partial charge in [-0.15, -0.1) is 11.3 Å². The summed E-state index contributed by atoms with van der Waals surface area (Å²) in [6.45, 7) is 1.16. The number of aromatic nitrogens is 1. The summed E-state index contributed by atoms with van der Waals surface area (Å²) in [4.78, 5) is 5.24. The van der Waals surface area contributed by atoms with Gasteiger partial charge in [0.15, 0.2) is 0 Å². The van der Waals surface area contributed by atoms with Gasteiger partial charge in [-0.3, -0.25) is 4.98 Å². The van der Waals surface area contributed by atoms with E-state index in [2.05, 4.69) is 27.0 Å². The summed E-state index contributed by atoms with van der Waals surface area (Å²) >= 11 is 5.15. The number of halogens is 1. The molecule has 0 fully saturated rings. The number of hydrogen-bond donors (Lipinski definition) is 1. The van der Waals surface area contributed by atoms with Gasteiger partial charge in [0.25, 0.3) is 0 Å². The summed E-state index contributed by atoms with van der Waals surface area (Å²) < 4.78 is 6.79. The van der Waals surface area contributed by atoms with Gasteiger partial charge in [-0.05, 0) is 40.2 Å². The lowest BCUT2D eigenvalue weighted by molar-refractivity contribution is 0.291.